The molecule has 0 fully saturated rings. The Morgan fingerprint density at radius 1 is 0.917 bits per heavy atom. The van der Waals surface area contributed by atoms with E-state index in [-0.39, 0.29) is 6.29 Å². The van der Waals surface area contributed by atoms with Crippen molar-refractivity contribution in [1.82, 2.24) is 0 Å². The minimum Gasteiger partial charge on any atom is -0.379 e. The van der Waals surface area contributed by atoms with Crippen molar-refractivity contribution in [1.29, 1.82) is 0 Å². The largest absolute Gasteiger partial charge is 0.379 e. The van der Waals surface area contributed by atoms with E-state index in [2.05, 4.69) is 0 Å². The summed E-state index contributed by atoms with van der Waals surface area (Å²) in [6, 6.07) is 0. The lowest BCUT2D eigenvalue weighted by atomic mass is 10.8. The molecular formula is C6H16Cl2O2Si2. The average molecular weight is 247 g/mol. The highest BCUT2D eigenvalue weighted by molar-refractivity contribution is 7.16. The molecule has 0 aromatic heterocycles. The van der Waals surface area contributed by atoms with Gasteiger partial charge >= 0.3 is 0 Å². The van der Waals surface area contributed by atoms with Gasteiger partial charge in [0.05, 0.1) is 0 Å². The van der Waals surface area contributed by atoms with Gasteiger partial charge in [0.1, 0.15) is 6.29 Å². The van der Waals surface area contributed by atoms with Gasteiger partial charge in [0.25, 0.3) is 15.3 Å². The zero-order chi connectivity index (χ0) is 9.99. The second-order valence-corrected chi connectivity index (χ2v) is 14.9. The molecule has 0 radical (unpaired) electrons. The first kappa shape index (κ1) is 12.9. The van der Waals surface area contributed by atoms with Crippen molar-refractivity contribution in [3.63, 3.8) is 0 Å². The summed E-state index contributed by atoms with van der Waals surface area (Å²) in [6.07, 6.45) is -0.289. The van der Waals surface area contributed by atoms with Crippen molar-refractivity contribution in [2.75, 3.05) is 0 Å². The van der Waals surface area contributed by atoms with E-state index in [0.29, 0.717) is 0 Å². The second-order valence-electron chi connectivity index (χ2n) is 3.53. The predicted molar refractivity (Wildman–Crippen MR) is 58.3 cm³/mol. The van der Waals surface area contributed by atoms with E-state index in [9.17, 15) is 0 Å². The molecule has 74 valence electrons. The van der Waals surface area contributed by atoms with Crippen LogP contribution in [0.1, 0.15) is 6.92 Å². The Balaban J connectivity index is 3.83. The van der Waals surface area contributed by atoms with Gasteiger partial charge in [-0.05, 0) is 33.1 Å². The van der Waals surface area contributed by atoms with E-state index in [0.717, 1.165) is 0 Å². The smallest absolute Gasteiger partial charge is 0.286 e. The normalized spacial score (nSPS) is 14.0. The summed E-state index contributed by atoms with van der Waals surface area (Å²) in [7, 11) is -4.02. The van der Waals surface area contributed by atoms with Gasteiger partial charge < -0.3 is 8.85 Å². The summed E-state index contributed by atoms with van der Waals surface area (Å²) < 4.78 is 10.9. The van der Waals surface area contributed by atoms with Gasteiger partial charge in [-0.15, -0.1) is 22.2 Å². The Hall–Kier alpha value is 0.934. The van der Waals surface area contributed by atoms with E-state index < -0.39 is 15.3 Å². The first-order valence-corrected chi connectivity index (χ1v) is 11.7. The fraction of sp³-hybridized carbons (Fsp3) is 1.00. The molecule has 0 amide bonds. The van der Waals surface area contributed by atoms with Crippen LogP contribution in [0.25, 0.3) is 0 Å². The maximum Gasteiger partial charge on any atom is 0.286 e. The third-order valence-electron chi connectivity index (χ3n) is 0.892. The minimum absolute atomic E-state index is 0.289. The Kier molecular flexibility index (Phi) is 4.78. The van der Waals surface area contributed by atoms with Crippen molar-refractivity contribution in [3.05, 3.63) is 0 Å². The van der Waals surface area contributed by atoms with Gasteiger partial charge in [-0.2, -0.15) is 0 Å². The van der Waals surface area contributed by atoms with Crippen LogP contribution < -0.4 is 0 Å². The minimum atomic E-state index is -2.01. The lowest BCUT2D eigenvalue weighted by Gasteiger charge is -2.26. The molecule has 6 heteroatoms. The zero-order valence-corrected chi connectivity index (χ0v) is 11.7. The van der Waals surface area contributed by atoms with Gasteiger partial charge in [-0.3, -0.25) is 0 Å². The molecule has 0 heterocycles. The van der Waals surface area contributed by atoms with Crippen LogP contribution in [0.3, 0.4) is 0 Å². The topological polar surface area (TPSA) is 18.5 Å². The molecule has 0 aliphatic heterocycles. The maximum absolute atomic E-state index is 5.97. The molecule has 0 aliphatic rings. The summed E-state index contributed by atoms with van der Waals surface area (Å²) in [6.45, 7) is 9.43. The van der Waals surface area contributed by atoms with Crippen LogP contribution in [0, 0.1) is 0 Å². The number of hydrogen-bond acceptors (Lipinski definition) is 2. The summed E-state index contributed by atoms with van der Waals surface area (Å²) in [5.41, 5.74) is 0. The quantitative estimate of drug-likeness (QED) is 0.431. The Labute approximate surface area is 85.8 Å². The van der Waals surface area contributed by atoms with Crippen LogP contribution in [0.4, 0.5) is 0 Å². The number of halogens is 2. The Morgan fingerprint density at radius 2 is 1.17 bits per heavy atom. The summed E-state index contributed by atoms with van der Waals surface area (Å²) in [5, 5.41) is 0. The molecule has 0 saturated carbocycles. The Morgan fingerprint density at radius 3 is 1.33 bits per heavy atom. The van der Waals surface area contributed by atoms with E-state index in [1.165, 1.54) is 0 Å². The molecule has 0 atom stereocenters. The molecule has 2 nitrogen and oxygen atoms in total. The van der Waals surface area contributed by atoms with Crippen molar-refractivity contribution < 1.29 is 8.85 Å². The third-order valence-corrected chi connectivity index (χ3v) is 3.21. The van der Waals surface area contributed by atoms with Crippen LogP contribution in [0.2, 0.25) is 26.2 Å². The van der Waals surface area contributed by atoms with Crippen LogP contribution in [0.15, 0.2) is 0 Å². The SMILES string of the molecule is CC(O[Si](C)(C)Cl)O[Si](C)(C)Cl. The fourth-order valence-electron chi connectivity index (χ4n) is 0.813. The molecule has 0 spiro atoms. The molecule has 0 bridgehead atoms. The van der Waals surface area contributed by atoms with Gasteiger partial charge in [0.15, 0.2) is 0 Å². The van der Waals surface area contributed by atoms with E-state index in [1.807, 2.05) is 33.1 Å². The molecular weight excluding hydrogens is 231 g/mol. The molecule has 12 heavy (non-hydrogen) atoms. The van der Waals surface area contributed by atoms with Gasteiger partial charge in [-0.1, -0.05) is 0 Å². The van der Waals surface area contributed by atoms with Gasteiger partial charge in [0.2, 0.25) is 0 Å². The summed E-state index contributed by atoms with van der Waals surface area (Å²) in [5.74, 6) is 0. The van der Waals surface area contributed by atoms with Gasteiger partial charge in [0, 0.05) is 0 Å². The Bertz CT molecular complexity index is 125. The second kappa shape index (κ2) is 4.44. The molecule has 0 N–H and O–H groups in total. The van der Waals surface area contributed by atoms with Crippen molar-refractivity contribution in [2.45, 2.75) is 39.4 Å². The monoisotopic (exact) mass is 246 g/mol. The molecule has 0 unspecified atom stereocenters. The van der Waals surface area contributed by atoms with Gasteiger partial charge in [-0.25, -0.2) is 0 Å². The first-order valence-electron chi connectivity index (χ1n) is 3.83. The molecule has 0 aromatic rings. The van der Waals surface area contributed by atoms with Crippen LogP contribution in [0.5, 0.6) is 0 Å². The number of hydrogen-bond donors (Lipinski definition) is 0. The summed E-state index contributed by atoms with van der Waals surface area (Å²) in [4.78, 5) is 0. The van der Waals surface area contributed by atoms with E-state index in [1.54, 1.807) is 0 Å². The van der Waals surface area contributed by atoms with Crippen molar-refractivity contribution in [2.24, 2.45) is 0 Å². The highest BCUT2D eigenvalue weighted by Gasteiger charge is 2.27. The maximum atomic E-state index is 5.97. The fourth-order valence-corrected chi connectivity index (χ4v) is 3.34. The van der Waals surface area contributed by atoms with Crippen molar-refractivity contribution in [3.8, 4) is 0 Å². The van der Waals surface area contributed by atoms with Crippen LogP contribution >= 0.6 is 22.2 Å². The number of rotatable bonds is 4. The van der Waals surface area contributed by atoms with E-state index in [4.69, 9.17) is 31.0 Å². The van der Waals surface area contributed by atoms with E-state index >= 15 is 0 Å². The van der Waals surface area contributed by atoms with Crippen LogP contribution in [-0.4, -0.2) is 21.5 Å². The molecule has 0 aliphatic carbocycles. The third kappa shape index (κ3) is 9.03. The lowest BCUT2D eigenvalue weighted by Crippen LogP contribution is -2.36. The highest BCUT2D eigenvalue weighted by Crippen LogP contribution is 2.18. The molecule has 0 saturated heterocycles. The highest BCUT2D eigenvalue weighted by atomic mass is 35.6. The average Bonchev–Trinajstić information content (AvgIpc) is 1.49. The van der Waals surface area contributed by atoms with Crippen LogP contribution in [-0.2, 0) is 8.85 Å². The molecule has 0 aromatic carbocycles. The molecule has 0 rings (SSSR count). The summed E-state index contributed by atoms with van der Waals surface area (Å²) >= 11 is 11.9. The standard InChI is InChI=1S/C6H16Cl2O2Si2/c1-6(9-11(2,3)7)10-12(4,5)8/h6H,1-5H3. The zero-order valence-electron chi connectivity index (χ0n) is 8.15. The predicted octanol–water partition coefficient (Wildman–Crippen LogP) is 3.25. The first-order chi connectivity index (χ1) is 5.10. The lowest BCUT2D eigenvalue weighted by molar-refractivity contribution is 0.0152. The van der Waals surface area contributed by atoms with Crippen molar-refractivity contribution >= 4 is 37.4 Å².